The molecule has 1 fully saturated rings. The maximum atomic E-state index is 11.7. The molecule has 2 heterocycles. The van der Waals surface area contributed by atoms with Crippen LogP contribution in [0.25, 0.3) is 11.0 Å². The Morgan fingerprint density at radius 3 is 2.68 bits per heavy atom. The Bertz CT molecular complexity index is 822. The number of imidazole rings is 1. The number of fused-ring (bicyclic) bond motifs is 1. The molecule has 1 aromatic carbocycles. The molecule has 3 N–H and O–H groups in total. The number of hydrogen-bond acceptors (Lipinski definition) is 9. The number of aromatic nitrogens is 2. The molecule has 0 bridgehead atoms. The van der Waals surface area contributed by atoms with Crippen LogP contribution in [0.2, 0.25) is 0 Å². The van der Waals surface area contributed by atoms with Crippen molar-refractivity contribution in [3.8, 4) is 0 Å². The third-order valence-corrected chi connectivity index (χ3v) is 4.85. The highest BCUT2D eigenvalue weighted by atomic mass is 16.7. The normalized spacial score (nSPS) is 27.9. The zero-order valence-corrected chi connectivity index (χ0v) is 15.8. The molecule has 1 aliphatic rings. The number of nitrogens with zero attached hydrogens (tertiary/aromatic N) is 2. The Morgan fingerprint density at radius 2 is 2.04 bits per heavy atom. The maximum Gasteiger partial charge on any atom is 0.337 e. The van der Waals surface area contributed by atoms with Crippen molar-refractivity contribution in [2.45, 2.75) is 37.3 Å². The average molecular weight is 396 g/mol. The first-order chi connectivity index (χ1) is 13.4. The maximum absolute atomic E-state index is 11.7. The monoisotopic (exact) mass is 396 g/mol. The van der Waals surface area contributed by atoms with E-state index in [1.807, 2.05) is 0 Å². The summed E-state index contributed by atoms with van der Waals surface area (Å²) in [6.07, 6.45) is -5.51. The van der Waals surface area contributed by atoms with Gasteiger partial charge in [0.2, 0.25) is 0 Å². The lowest BCUT2D eigenvalue weighted by Gasteiger charge is -2.41. The van der Waals surface area contributed by atoms with Crippen molar-refractivity contribution < 1.29 is 39.1 Å². The molecule has 10 heteroatoms. The van der Waals surface area contributed by atoms with Crippen LogP contribution in [0.3, 0.4) is 0 Å². The van der Waals surface area contributed by atoms with E-state index in [0.717, 1.165) is 0 Å². The average Bonchev–Trinajstić information content (AvgIpc) is 3.02. The predicted octanol–water partition coefficient (Wildman–Crippen LogP) is -0.670. The molecule has 28 heavy (non-hydrogen) atoms. The largest absolute Gasteiger partial charge is 0.465 e. The quantitative estimate of drug-likeness (QED) is 0.544. The number of carbonyl (C=O) groups is 1. The smallest absolute Gasteiger partial charge is 0.337 e. The van der Waals surface area contributed by atoms with Crippen molar-refractivity contribution in [2.24, 2.45) is 7.05 Å². The second kappa shape index (κ2) is 8.52. The van der Waals surface area contributed by atoms with E-state index < -0.39 is 43.3 Å². The molecule has 1 saturated heterocycles. The van der Waals surface area contributed by atoms with Gasteiger partial charge in [0.1, 0.15) is 36.8 Å². The topological polar surface area (TPSA) is 133 Å². The summed E-state index contributed by atoms with van der Waals surface area (Å²) in [5.74, 6) is 0.0763. The molecule has 3 rings (SSSR count). The lowest BCUT2D eigenvalue weighted by Crippen LogP contribution is -2.59. The standard InChI is InChI=1S/C18H24N2O8/c1-20-11-6-9(17(24)25-2)4-5-10(11)19-13(20)8-27-16-14(22)12(7-21)28-18(26-3)15(16)23/h4-6,12,14-16,18,21-23H,7-8H2,1-3H3/t12-,14+,15-,16+,18-/m1/s1. The van der Waals surface area contributed by atoms with Crippen LogP contribution in [-0.4, -0.2) is 82.4 Å². The van der Waals surface area contributed by atoms with Gasteiger partial charge in [-0.3, -0.25) is 0 Å². The second-order valence-corrected chi connectivity index (χ2v) is 6.50. The van der Waals surface area contributed by atoms with Gasteiger partial charge in [-0.15, -0.1) is 0 Å². The Balaban J connectivity index is 1.80. The van der Waals surface area contributed by atoms with E-state index >= 15 is 0 Å². The van der Waals surface area contributed by atoms with Crippen LogP contribution in [0.4, 0.5) is 0 Å². The van der Waals surface area contributed by atoms with Gasteiger partial charge in [-0.05, 0) is 18.2 Å². The number of carbonyl (C=O) groups excluding carboxylic acids is 1. The Morgan fingerprint density at radius 1 is 1.29 bits per heavy atom. The minimum absolute atomic E-state index is 0.0217. The first-order valence-electron chi connectivity index (χ1n) is 8.71. The second-order valence-electron chi connectivity index (χ2n) is 6.50. The molecule has 0 radical (unpaired) electrons. The van der Waals surface area contributed by atoms with Gasteiger partial charge < -0.3 is 38.8 Å². The van der Waals surface area contributed by atoms with Crippen LogP contribution in [0.5, 0.6) is 0 Å². The number of aryl methyl sites for hydroxylation is 1. The number of rotatable bonds is 6. The number of aliphatic hydroxyl groups excluding tert-OH is 3. The van der Waals surface area contributed by atoms with Crippen molar-refractivity contribution in [3.05, 3.63) is 29.6 Å². The number of esters is 1. The van der Waals surface area contributed by atoms with E-state index in [9.17, 15) is 20.1 Å². The molecule has 2 aromatic rings. The molecular formula is C18H24N2O8. The minimum Gasteiger partial charge on any atom is -0.465 e. The summed E-state index contributed by atoms with van der Waals surface area (Å²) in [6, 6.07) is 4.98. The van der Waals surface area contributed by atoms with Crippen molar-refractivity contribution in [1.82, 2.24) is 9.55 Å². The number of benzene rings is 1. The fourth-order valence-corrected chi connectivity index (χ4v) is 3.23. The van der Waals surface area contributed by atoms with E-state index in [2.05, 4.69) is 4.98 Å². The lowest BCUT2D eigenvalue weighted by atomic mass is 9.99. The fourth-order valence-electron chi connectivity index (χ4n) is 3.23. The van der Waals surface area contributed by atoms with Gasteiger partial charge in [-0.25, -0.2) is 9.78 Å². The first kappa shape index (κ1) is 20.6. The summed E-state index contributed by atoms with van der Waals surface area (Å²) in [5.41, 5.74) is 1.76. The van der Waals surface area contributed by atoms with Gasteiger partial charge in [0, 0.05) is 14.2 Å². The fraction of sp³-hybridized carbons (Fsp3) is 0.556. The predicted molar refractivity (Wildman–Crippen MR) is 95.4 cm³/mol. The van der Waals surface area contributed by atoms with E-state index in [1.54, 1.807) is 29.8 Å². The summed E-state index contributed by atoms with van der Waals surface area (Å²) < 4.78 is 22.5. The van der Waals surface area contributed by atoms with E-state index in [0.29, 0.717) is 22.4 Å². The highest BCUT2D eigenvalue weighted by Gasteiger charge is 2.45. The van der Waals surface area contributed by atoms with Crippen LogP contribution in [0.15, 0.2) is 18.2 Å². The van der Waals surface area contributed by atoms with Crippen LogP contribution >= 0.6 is 0 Å². The van der Waals surface area contributed by atoms with E-state index in [1.165, 1.54) is 14.2 Å². The van der Waals surface area contributed by atoms with Crippen LogP contribution < -0.4 is 0 Å². The molecule has 0 saturated carbocycles. The number of hydrogen-bond donors (Lipinski definition) is 3. The highest BCUT2D eigenvalue weighted by molar-refractivity contribution is 5.93. The molecule has 154 valence electrons. The van der Waals surface area contributed by atoms with Gasteiger partial charge in [0.25, 0.3) is 0 Å². The van der Waals surface area contributed by atoms with Gasteiger partial charge >= 0.3 is 5.97 Å². The lowest BCUT2D eigenvalue weighted by molar-refractivity contribution is -0.303. The van der Waals surface area contributed by atoms with E-state index in [4.69, 9.17) is 18.9 Å². The molecular weight excluding hydrogens is 372 g/mol. The summed E-state index contributed by atoms with van der Waals surface area (Å²) >= 11 is 0. The summed E-state index contributed by atoms with van der Waals surface area (Å²) in [7, 11) is 4.42. The molecule has 10 nitrogen and oxygen atoms in total. The Kier molecular flexibility index (Phi) is 6.28. The summed E-state index contributed by atoms with van der Waals surface area (Å²) in [6.45, 7) is -0.470. The van der Waals surface area contributed by atoms with Crippen LogP contribution in [0.1, 0.15) is 16.2 Å². The van der Waals surface area contributed by atoms with Gasteiger partial charge in [0.05, 0.1) is 30.3 Å². The SMILES string of the molecule is COC(=O)c1ccc2nc(CO[C@H]3[C@@H](O)[C@@H](CO)O[C@@H](OC)[C@@H]3O)n(C)c2c1. The van der Waals surface area contributed by atoms with Gasteiger partial charge in [-0.2, -0.15) is 0 Å². The third kappa shape index (κ3) is 3.75. The van der Waals surface area contributed by atoms with Crippen molar-refractivity contribution in [2.75, 3.05) is 20.8 Å². The Hall–Kier alpha value is -2.08. The van der Waals surface area contributed by atoms with Crippen LogP contribution in [0, 0.1) is 0 Å². The molecule has 1 aromatic heterocycles. The zero-order valence-electron chi connectivity index (χ0n) is 15.8. The van der Waals surface area contributed by atoms with Crippen molar-refractivity contribution >= 4 is 17.0 Å². The van der Waals surface area contributed by atoms with Crippen molar-refractivity contribution in [3.63, 3.8) is 0 Å². The first-order valence-corrected chi connectivity index (χ1v) is 8.71. The zero-order chi connectivity index (χ0) is 20.4. The molecule has 0 unspecified atom stereocenters. The molecule has 1 aliphatic heterocycles. The molecule has 5 atom stereocenters. The summed E-state index contributed by atoms with van der Waals surface area (Å²) in [5, 5.41) is 30.0. The molecule has 0 amide bonds. The van der Waals surface area contributed by atoms with E-state index in [-0.39, 0.29) is 6.61 Å². The number of methoxy groups -OCH3 is 2. The molecule has 0 aliphatic carbocycles. The van der Waals surface area contributed by atoms with Crippen molar-refractivity contribution in [1.29, 1.82) is 0 Å². The van der Waals surface area contributed by atoms with Crippen LogP contribution in [-0.2, 0) is 32.6 Å². The number of ether oxygens (including phenoxy) is 4. The minimum atomic E-state index is -1.25. The number of aliphatic hydroxyl groups is 3. The third-order valence-electron chi connectivity index (χ3n) is 4.85. The molecule has 0 spiro atoms. The van der Waals surface area contributed by atoms with Gasteiger partial charge in [-0.1, -0.05) is 0 Å². The highest BCUT2D eigenvalue weighted by Crippen LogP contribution is 2.25. The summed E-state index contributed by atoms with van der Waals surface area (Å²) in [4.78, 5) is 16.2. The van der Waals surface area contributed by atoms with Gasteiger partial charge in [0.15, 0.2) is 6.29 Å². The Labute approximate surface area is 161 Å².